The van der Waals surface area contributed by atoms with Gasteiger partial charge in [-0.1, -0.05) is 17.7 Å². The molecular weight excluding hydrogens is 298 g/mol. The van der Waals surface area contributed by atoms with Crippen LogP contribution in [0.3, 0.4) is 0 Å². The molecule has 0 aliphatic heterocycles. The molecule has 7 nitrogen and oxygen atoms in total. The molecule has 1 aromatic carbocycles. The average Bonchev–Trinajstić information content (AvgIpc) is 2.91. The van der Waals surface area contributed by atoms with E-state index in [4.69, 9.17) is 21.1 Å². The lowest BCUT2D eigenvalue weighted by Gasteiger charge is -2.04. The summed E-state index contributed by atoms with van der Waals surface area (Å²) in [4.78, 5) is 30.9. The van der Waals surface area contributed by atoms with Crippen LogP contribution in [0, 0.1) is 0 Å². The van der Waals surface area contributed by atoms with Gasteiger partial charge in [-0.25, -0.2) is 14.8 Å². The number of nitrogens with zero attached hydrogens (tertiary/aromatic N) is 3. The number of hydrogen-bond acceptors (Lipinski definition) is 5. The monoisotopic (exact) mass is 305 g/mol. The molecule has 0 atom stereocenters. The van der Waals surface area contributed by atoms with Gasteiger partial charge < -0.3 is 9.52 Å². The van der Waals surface area contributed by atoms with Crippen molar-refractivity contribution in [3.63, 3.8) is 0 Å². The first kappa shape index (κ1) is 13.3. The van der Waals surface area contributed by atoms with Gasteiger partial charge in [0, 0.05) is 0 Å². The molecule has 8 heteroatoms. The molecule has 21 heavy (non-hydrogen) atoms. The molecule has 0 spiro atoms. The van der Waals surface area contributed by atoms with Crippen LogP contribution in [0.5, 0.6) is 0 Å². The Morgan fingerprint density at radius 1 is 1.43 bits per heavy atom. The summed E-state index contributed by atoms with van der Waals surface area (Å²) < 4.78 is 6.29. The lowest BCUT2D eigenvalue weighted by atomic mass is 10.2. The fourth-order valence-electron chi connectivity index (χ4n) is 1.89. The van der Waals surface area contributed by atoms with Crippen molar-refractivity contribution in [2.24, 2.45) is 0 Å². The molecule has 0 unspecified atom stereocenters. The molecular formula is C13H8ClN3O4. The van der Waals surface area contributed by atoms with E-state index in [1.807, 2.05) is 0 Å². The summed E-state index contributed by atoms with van der Waals surface area (Å²) in [5.41, 5.74) is -0.105. The van der Waals surface area contributed by atoms with Crippen molar-refractivity contribution in [1.82, 2.24) is 14.5 Å². The van der Waals surface area contributed by atoms with Gasteiger partial charge in [0.25, 0.3) is 5.56 Å². The lowest BCUT2D eigenvalue weighted by molar-refractivity contribution is 0.0690. The Hall–Kier alpha value is -2.67. The van der Waals surface area contributed by atoms with E-state index < -0.39 is 5.97 Å². The number of halogens is 1. The molecule has 0 saturated carbocycles. The maximum atomic E-state index is 12.3. The van der Waals surface area contributed by atoms with E-state index in [0.29, 0.717) is 15.9 Å². The predicted molar refractivity (Wildman–Crippen MR) is 73.6 cm³/mol. The molecule has 3 rings (SSSR count). The summed E-state index contributed by atoms with van der Waals surface area (Å²) in [7, 11) is 0. The molecule has 0 bridgehead atoms. The molecule has 106 valence electrons. The fraction of sp³-hybridized carbons (Fsp3) is 0.0769. The highest BCUT2D eigenvalue weighted by atomic mass is 35.5. The molecule has 0 aliphatic rings. The standard InChI is InChI=1S/C13H8ClN3O4/c14-8-3-1-2-7-11(8)15-6-17(12(7)18)4-10-16-9(5-21-10)13(19)20/h1-3,5-6H,4H2,(H,19,20). The zero-order chi connectivity index (χ0) is 15.0. The zero-order valence-electron chi connectivity index (χ0n) is 10.5. The minimum absolute atomic E-state index is 0.0123. The molecule has 0 fully saturated rings. The Morgan fingerprint density at radius 2 is 2.24 bits per heavy atom. The first-order valence-electron chi connectivity index (χ1n) is 5.87. The van der Waals surface area contributed by atoms with Crippen LogP contribution in [-0.4, -0.2) is 25.6 Å². The molecule has 2 heterocycles. The Kier molecular flexibility index (Phi) is 3.19. The van der Waals surface area contributed by atoms with Crippen LogP contribution < -0.4 is 5.56 Å². The van der Waals surface area contributed by atoms with Gasteiger partial charge in [-0.2, -0.15) is 0 Å². The van der Waals surface area contributed by atoms with Gasteiger partial charge >= 0.3 is 5.97 Å². The van der Waals surface area contributed by atoms with Gasteiger partial charge in [0.15, 0.2) is 5.69 Å². The second-order valence-corrected chi connectivity index (χ2v) is 4.65. The number of oxazole rings is 1. The summed E-state index contributed by atoms with van der Waals surface area (Å²) in [5.74, 6) is -1.08. The van der Waals surface area contributed by atoms with Crippen LogP contribution in [0.15, 0.2) is 40.0 Å². The highest BCUT2D eigenvalue weighted by Gasteiger charge is 2.12. The number of aromatic carboxylic acids is 1. The Morgan fingerprint density at radius 3 is 2.95 bits per heavy atom. The number of benzene rings is 1. The molecule has 3 aromatic rings. The Bertz CT molecular complexity index is 900. The number of aromatic nitrogens is 3. The van der Waals surface area contributed by atoms with Gasteiger partial charge in [0.05, 0.1) is 22.3 Å². The van der Waals surface area contributed by atoms with Crippen molar-refractivity contribution in [3.05, 3.63) is 57.8 Å². The summed E-state index contributed by atoms with van der Waals surface area (Å²) in [6, 6.07) is 4.92. The zero-order valence-corrected chi connectivity index (χ0v) is 11.2. The number of fused-ring (bicyclic) bond motifs is 1. The van der Waals surface area contributed by atoms with Crippen molar-refractivity contribution >= 4 is 28.5 Å². The van der Waals surface area contributed by atoms with Crippen molar-refractivity contribution in [2.75, 3.05) is 0 Å². The fourth-order valence-corrected chi connectivity index (χ4v) is 2.12. The SMILES string of the molecule is O=C(O)c1coc(Cn2cnc3c(Cl)cccc3c2=O)n1. The number of para-hydroxylation sites is 1. The van der Waals surface area contributed by atoms with Crippen molar-refractivity contribution in [1.29, 1.82) is 0 Å². The minimum atomic E-state index is -1.19. The molecule has 0 aliphatic carbocycles. The van der Waals surface area contributed by atoms with Crippen LogP contribution in [-0.2, 0) is 6.54 Å². The highest BCUT2D eigenvalue weighted by Crippen LogP contribution is 2.17. The number of carboxylic acids is 1. The molecule has 1 N–H and O–H groups in total. The maximum absolute atomic E-state index is 12.3. The van der Waals surface area contributed by atoms with E-state index in [2.05, 4.69) is 9.97 Å². The first-order valence-corrected chi connectivity index (χ1v) is 6.25. The van der Waals surface area contributed by atoms with Gasteiger partial charge in [0.2, 0.25) is 5.89 Å². The quantitative estimate of drug-likeness (QED) is 0.792. The smallest absolute Gasteiger partial charge is 0.357 e. The van der Waals surface area contributed by atoms with E-state index in [1.165, 1.54) is 10.9 Å². The number of carboxylic acid groups (broad SMARTS) is 1. The van der Waals surface area contributed by atoms with E-state index >= 15 is 0 Å². The summed E-state index contributed by atoms with van der Waals surface area (Å²) >= 11 is 5.97. The van der Waals surface area contributed by atoms with Crippen molar-refractivity contribution in [3.8, 4) is 0 Å². The molecule has 0 radical (unpaired) electrons. The van der Waals surface area contributed by atoms with Gasteiger partial charge in [-0.05, 0) is 12.1 Å². The van der Waals surface area contributed by atoms with Crippen LogP contribution in [0.1, 0.15) is 16.4 Å². The molecule has 0 saturated heterocycles. The average molecular weight is 306 g/mol. The van der Waals surface area contributed by atoms with E-state index in [0.717, 1.165) is 6.26 Å². The van der Waals surface area contributed by atoms with Crippen LogP contribution in [0.25, 0.3) is 10.9 Å². The summed E-state index contributed by atoms with van der Waals surface area (Å²) in [6.45, 7) is -0.0123. The normalized spacial score (nSPS) is 10.9. The van der Waals surface area contributed by atoms with Gasteiger partial charge in [-0.15, -0.1) is 0 Å². The van der Waals surface area contributed by atoms with E-state index in [1.54, 1.807) is 18.2 Å². The number of hydrogen-bond donors (Lipinski definition) is 1. The first-order chi connectivity index (χ1) is 10.1. The minimum Gasteiger partial charge on any atom is -0.476 e. The third-order valence-corrected chi connectivity index (χ3v) is 3.19. The summed E-state index contributed by atoms with van der Waals surface area (Å²) in [6.07, 6.45) is 2.34. The van der Waals surface area contributed by atoms with E-state index in [9.17, 15) is 9.59 Å². The molecule has 2 aromatic heterocycles. The second-order valence-electron chi connectivity index (χ2n) is 4.25. The predicted octanol–water partition coefficient (Wildman–Crippen LogP) is 1.78. The third kappa shape index (κ3) is 2.38. The van der Waals surface area contributed by atoms with Crippen LogP contribution in [0.4, 0.5) is 0 Å². The van der Waals surface area contributed by atoms with Crippen LogP contribution >= 0.6 is 11.6 Å². The van der Waals surface area contributed by atoms with Gasteiger partial charge in [-0.3, -0.25) is 9.36 Å². The highest BCUT2D eigenvalue weighted by molar-refractivity contribution is 6.34. The molecule has 0 amide bonds. The van der Waals surface area contributed by atoms with E-state index in [-0.39, 0.29) is 23.7 Å². The Labute approximate surface area is 122 Å². The second kappa shape index (κ2) is 5.02. The maximum Gasteiger partial charge on any atom is 0.357 e. The van der Waals surface area contributed by atoms with Crippen LogP contribution in [0.2, 0.25) is 5.02 Å². The Balaban J connectivity index is 2.03. The third-order valence-electron chi connectivity index (χ3n) is 2.88. The van der Waals surface area contributed by atoms with Gasteiger partial charge in [0.1, 0.15) is 12.8 Å². The number of rotatable bonds is 3. The largest absolute Gasteiger partial charge is 0.476 e. The number of carbonyl (C=O) groups is 1. The lowest BCUT2D eigenvalue weighted by Crippen LogP contribution is -2.21. The summed E-state index contributed by atoms with van der Waals surface area (Å²) in [5, 5.41) is 9.53. The van der Waals surface area contributed by atoms with Crippen molar-refractivity contribution in [2.45, 2.75) is 6.54 Å². The van der Waals surface area contributed by atoms with Crippen molar-refractivity contribution < 1.29 is 14.3 Å². The topological polar surface area (TPSA) is 98.2 Å².